The lowest BCUT2D eigenvalue weighted by Gasteiger charge is -1.97. The highest BCUT2D eigenvalue weighted by Gasteiger charge is 1.84. The molecule has 0 rings (SSSR count). The van der Waals surface area contributed by atoms with E-state index in [0.29, 0.717) is 5.84 Å². The lowest BCUT2D eigenvalue weighted by atomic mass is 10.6. The van der Waals surface area contributed by atoms with Crippen LogP contribution in [-0.4, -0.2) is 16.8 Å². The summed E-state index contributed by atoms with van der Waals surface area (Å²) in [5, 5.41) is 9.89. The molecule has 42 valence electrons. The minimum absolute atomic E-state index is 0.614. The maximum Gasteiger partial charge on any atom is 0.103 e. The summed E-state index contributed by atoms with van der Waals surface area (Å²) >= 11 is 2.15. The summed E-state index contributed by atoms with van der Waals surface area (Å²) in [7, 11) is 0. The van der Waals surface area contributed by atoms with E-state index >= 15 is 0 Å². The fourth-order valence-electron chi connectivity index (χ4n) is 0.261. The summed E-state index contributed by atoms with van der Waals surface area (Å²) < 4.78 is 0.783. The molecule has 0 saturated heterocycles. The van der Waals surface area contributed by atoms with E-state index in [1.54, 1.807) is 0 Å². The molecule has 2 nitrogen and oxygen atoms in total. The second-order valence-corrected chi connectivity index (χ2v) is 1.91. The van der Waals surface area contributed by atoms with Crippen LogP contribution in [0.15, 0.2) is 0 Å². The Morgan fingerprint density at radius 3 is 2.57 bits per heavy atom. The molecule has 0 aliphatic rings. The fourth-order valence-corrected chi connectivity index (χ4v) is 0.530. The maximum atomic E-state index is 7.02. The molecule has 0 aromatic heterocycles. The average molecular weight is 212 g/mol. The summed E-state index contributed by atoms with van der Waals surface area (Å²) in [4.78, 5) is 0. The van der Waals surface area contributed by atoms with Crippen LogP contribution in [-0.2, 0) is 0 Å². The van der Waals surface area contributed by atoms with Gasteiger partial charge in [-0.2, -0.15) is 0 Å². The van der Waals surface area contributed by atoms with Gasteiger partial charge >= 0.3 is 0 Å². The average Bonchev–Trinajstić information content (AvgIpc) is 1.68. The van der Waals surface area contributed by atoms with Crippen molar-refractivity contribution in [3.63, 3.8) is 0 Å². The Bertz CT molecular complexity index is 62.7. The van der Waals surface area contributed by atoms with Gasteiger partial charge in [0.2, 0.25) is 0 Å². The van der Waals surface area contributed by atoms with Crippen molar-refractivity contribution in [1.29, 1.82) is 5.41 Å². The highest BCUT2D eigenvalue weighted by atomic mass is 127. The molecule has 0 aromatic rings. The Labute approximate surface area is 57.3 Å². The summed E-state index contributed by atoms with van der Waals surface area (Å²) in [5.74, 6) is 0.614. The molecule has 0 aliphatic carbocycles. The third-order valence-corrected chi connectivity index (χ3v) is 1.29. The number of halogens is 1. The quantitative estimate of drug-likeness (QED) is 0.304. The zero-order valence-corrected chi connectivity index (χ0v) is 6.45. The minimum atomic E-state index is 0.614. The van der Waals surface area contributed by atoms with Gasteiger partial charge in [0.25, 0.3) is 0 Å². The number of rotatable bonds is 2. The summed E-state index contributed by atoms with van der Waals surface area (Å²) in [6, 6.07) is 0. The second-order valence-electron chi connectivity index (χ2n) is 1.14. The van der Waals surface area contributed by atoms with E-state index in [0.717, 1.165) is 11.0 Å². The van der Waals surface area contributed by atoms with Crippen LogP contribution >= 0.6 is 22.6 Å². The van der Waals surface area contributed by atoms with Crippen molar-refractivity contribution in [1.82, 2.24) is 5.32 Å². The number of nitrogens with one attached hydrogen (secondary N) is 2. The van der Waals surface area contributed by atoms with Gasteiger partial charge in [0.1, 0.15) is 5.84 Å². The van der Waals surface area contributed by atoms with Gasteiger partial charge in [0.05, 0.1) is 4.43 Å². The molecule has 0 spiro atoms. The van der Waals surface area contributed by atoms with Crippen LogP contribution in [0.3, 0.4) is 0 Å². The second kappa shape index (κ2) is 4.36. The lowest BCUT2D eigenvalue weighted by molar-refractivity contribution is 0.955. The molecule has 2 N–H and O–H groups in total. The number of hydrogen-bond acceptors (Lipinski definition) is 1. The van der Waals surface area contributed by atoms with Crippen LogP contribution in [0, 0.1) is 5.41 Å². The zero-order chi connectivity index (χ0) is 5.70. The van der Waals surface area contributed by atoms with E-state index in [9.17, 15) is 0 Å². The van der Waals surface area contributed by atoms with Gasteiger partial charge in [0, 0.05) is 6.54 Å². The summed E-state index contributed by atoms with van der Waals surface area (Å²) in [5.41, 5.74) is 0. The van der Waals surface area contributed by atoms with Crippen molar-refractivity contribution in [2.24, 2.45) is 0 Å². The highest BCUT2D eigenvalue weighted by molar-refractivity contribution is 14.1. The third-order valence-electron chi connectivity index (χ3n) is 0.524. The summed E-state index contributed by atoms with van der Waals surface area (Å²) in [6.07, 6.45) is 0. The van der Waals surface area contributed by atoms with E-state index in [-0.39, 0.29) is 0 Å². The predicted molar refractivity (Wildman–Crippen MR) is 40.3 cm³/mol. The monoisotopic (exact) mass is 212 g/mol. The summed E-state index contributed by atoms with van der Waals surface area (Å²) in [6.45, 7) is 2.85. The Morgan fingerprint density at radius 1 is 1.86 bits per heavy atom. The van der Waals surface area contributed by atoms with E-state index in [4.69, 9.17) is 5.41 Å². The first-order valence-electron chi connectivity index (χ1n) is 2.18. The largest absolute Gasteiger partial charge is 0.374 e. The molecule has 0 aromatic carbocycles. The van der Waals surface area contributed by atoms with Gasteiger partial charge in [-0.1, -0.05) is 22.6 Å². The Balaban J connectivity index is 3.00. The van der Waals surface area contributed by atoms with Gasteiger partial charge in [-0.25, -0.2) is 0 Å². The Kier molecular flexibility index (Phi) is 4.49. The van der Waals surface area contributed by atoms with Crippen LogP contribution in [0.5, 0.6) is 0 Å². The van der Waals surface area contributed by atoms with Crippen LogP contribution in [0.1, 0.15) is 6.92 Å². The van der Waals surface area contributed by atoms with Crippen molar-refractivity contribution in [2.45, 2.75) is 6.92 Å². The van der Waals surface area contributed by atoms with Crippen molar-refractivity contribution in [2.75, 3.05) is 11.0 Å². The van der Waals surface area contributed by atoms with Crippen molar-refractivity contribution in [3.8, 4) is 0 Å². The maximum absolute atomic E-state index is 7.02. The molecule has 0 heterocycles. The van der Waals surface area contributed by atoms with Crippen molar-refractivity contribution >= 4 is 28.4 Å². The third kappa shape index (κ3) is 4.04. The first kappa shape index (κ1) is 7.20. The van der Waals surface area contributed by atoms with Crippen molar-refractivity contribution in [3.05, 3.63) is 0 Å². The topological polar surface area (TPSA) is 35.9 Å². The molecule has 7 heavy (non-hydrogen) atoms. The molecule has 0 saturated carbocycles. The molecule has 0 fully saturated rings. The Hall–Kier alpha value is 0.200. The highest BCUT2D eigenvalue weighted by Crippen LogP contribution is 1.77. The first-order chi connectivity index (χ1) is 3.31. The number of hydrogen-bond donors (Lipinski definition) is 2. The van der Waals surface area contributed by atoms with Gasteiger partial charge in [-0.05, 0) is 6.92 Å². The fraction of sp³-hybridized carbons (Fsp3) is 0.750. The van der Waals surface area contributed by atoms with Crippen LogP contribution in [0.2, 0.25) is 0 Å². The van der Waals surface area contributed by atoms with Gasteiger partial charge in [0.15, 0.2) is 0 Å². The normalized spacial score (nSPS) is 8.29. The van der Waals surface area contributed by atoms with Crippen molar-refractivity contribution < 1.29 is 0 Å². The molecule has 0 aliphatic heterocycles. The SMILES string of the molecule is CCNC(=N)CI. The molecule has 0 radical (unpaired) electrons. The van der Waals surface area contributed by atoms with E-state index < -0.39 is 0 Å². The molecule has 3 heteroatoms. The zero-order valence-electron chi connectivity index (χ0n) is 4.29. The van der Waals surface area contributed by atoms with Gasteiger partial charge in [-0.15, -0.1) is 0 Å². The number of amidine groups is 1. The van der Waals surface area contributed by atoms with E-state index in [1.165, 1.54) is 0 Å². The first-order valence-corrected chi connectivity index (χ1v) is 3.71. The van der Waals surface area contributed by atoms with Gasteiger partial charge < -0.3 is 5.32 Å². The van der Waals surface area contributed by atoms with Crippen LogP contribution in [0.25, 0.3) is 0 Å². The van der Waals surface area contributed by atoms with Gasteiger partial charge in [-0.3, -0.25) is 5.41 Å². The van der Waals surface area contributed by atoms with Crippen LogP contribution in [0.4, 0.5) is 0 Å². The molecule has 0 atom stereocenters. The molecule has 0 bridgehead atoms. The van der Waals surface area contributed by atoms with Crippen LogP contribution < -0.4 is 5.32 Å². The predicted octanol–water partition coefficient (Wildman–Crippen LogP) is 1.01. The molecule has 0 amide bonds. The standard InChI is InChI=1S/C4H9IN2/c1-2-7-4(6)3-5/h2-3H2,1H3,(H2,6,7). The lowest BCUT2D eigenvalue weighted by Crippen LogP contribution is -2.22. The minimum Gasteiger partial charge on any atom is -0.374 e. The molecular weight excluding hydrogens is 203 g/mol. The molecular formula is C4H9IN2. The molecule has 0 unspecified atom stereocenters. The smallest absolute Gasteiger partial charge is 0.103 e. The van der Waals surface area contributed by atoms with E-state index in [1.807, 2.05) is 6.92 Å². The van der Waals surface area contributed by atoms with E-state index in [2.05, 4.69) is 27.9 Å². The number of alkyl halides is 1. The Morgan fingerprint density at radius 2 is 2.43 bits per heavy atom.